The van der Waals surface area contributed by atoms with Crippen LogP contribution < -0.4 is 4.90 Å². The summed E-state index contributed by atoms with van der Waals surface area (Å²) in [6.45, 7) is 2.66. The number of nitrogens with zero attached hydrogens (tertiary/aromatic N) is 5. The van der Waals surface area contributed by atoms with Crippen LogP contribution in [-0.4, -0.2) is 64.0 Å². The normalized spacial score (nSPS) is 19.1. The van der Waals surface area contributed by atoms with Gasteiger partial charge in [-0.15, -0.1) is 0 Å². The Labute approximate surface area is 198 Å². The maximum atomic E-state index is 13.4. The van der Waals surface area contributed by atoms with Crippen LogP contribution in [0.1, 0.15) is 5.56 Å². The second-order valence-electron chi connectivity index (χ2n) is 9.56. The molecule has 2 atom stereocenters. The fraction of sp³-hybridized carbons (Fsp3) is 0.296. The molecule has 1 saturated heterocycles. The van der Waals surface area contributed by atoms with E-state index in [4.69, 9.17) is 0 Å². The smallest absolute Gasteiger partial charge is 0.161 e. The van der Waals surface area contributed by atoms with Crippen molar-refractivity contribution in [2.24, 2.45) is 5.92 Å². The van der Waals surface area contributed by atoms with Crippen LogP contribution in [0.2, 0.25) is 0 Å². The number of benzene rings is 2. The van der Waals surface area contributed by atoms with Crippen molar-refractivity contribution in [3.8, 4) is 28.3 Å². The Morgan fingerprint density at radius 2 is 1.88 bits per heavy atom. The Morgan fingerprint density at radius 3 is 2.62 bits per heavy atom. The summed E-state index contributed by atoms with van der Waals surface area (Å²) in [5.41, 5.74) is 6.59. The van der Waals surface area contributed by atoms with Gasteiger partial charge in [0.15, 0.2) is 5.82 Å². The molecule has 34 heavy (non-hydrogen) atoms. The first-order valence-electron chi connectivity index (χ1n) is 11.7. The molecule has 0 amide bonds. The molecule has 1 unspecified atom stereocenters. The van der Waals surface area contributed by atoms with Crippen molar-refractivity contribution < 1.29 is 9.50 Å². The number of aliphatic hydroxyl groups is 1. The molecule has 2 aromatic heterocycles. The lowest BCUT2D eigenvalue weighted by molar-refractivity contribution is 0.168. The van der Waals surface area contributed by atoms with Gasteiger partial charge in [0.1, 0.15) is 5.82 Å². The van der Waals surface area contributed by atoms with Crippen molar-refractivity contribution >= 4 is 5.69 Å². The molecule has 2 aliphatic heterocycles. The third-order valence-corrected chi connectivity index (χ3v) is 7.28. The van der Waals surface area contributed by atoms with Crippen molar-refractivity contribution in [3.63, 3.8) is 0 Å². The number of halogens is 1. The highest BCUT2D eigenvalue weighted by atomic mass is 19.1. The predicted molar refractivity (Wildman–Crippen MR) is 132 cm³/mol. The number of rotatable bonds is 4. The topological polar surface area (TPSA) is 49.5 Å². The quantitative estimate of drug-likeness (QED) is 0.445. The first-order chi connectivity index (χ1) is 16.5. The molecule has 0 bridgehead atoms. The van der Waals surface area contributed by atoms with Gasteiger partial charge < -0.3 is 19.5 Å². The largest absolute Gasteiger partial charge is 0.396 e. The first-order valence-corrected chi connectivity index (χ1v) is 11.7. The minimum Gasteiger partial charge on any atom is -0.396 e. The number of hydrogen-bond donors (Lipinski definition) is 1. The standard InChI is InChI=1S/C27H28FN5O/c1-30(2)26-16-31(15-21(26)17-34)23-7-8-24-20(11-23)14-32-13-19(18-3-5-22(28)6-4-18)12-25(32)27-29-9-10-33(24)27/h3-13,21,26,34H,14-17H2,1-2H3/t21?,26-/m1/s1. The summed E-state index contributed by atoms with van der Waals surface area (Å²) < 4.78 is 17.8. The van der Waals surface area contributed by atoms with Gasteiger partial charge in [-0.25, -0.2) is 9.37 Å². The minimum absolute atomic E-state index is 0.196. The number of imidazole rings is 1. The van der Waals surface area contributed by atoms with Gasteiger partial charge >= 0.3 is 0 Å². The van der Waals surface area contributed by atoms with E-state index in [0.29, 0.717) is 6.04 Å². The van der Waals surface area contributed by atoms with Crippen molar-refractivity contribution in [2.75, 3.05) is 38.7 Å². The van der Waals surface area contributed by atoms with Crippen molar-refractivity contribution in [1.82, 2.24) is 19.0 Å². The van der Waals surface area contributed by atoms with Crippen LogP contribution in [-0.2, 0) is 6.54 Å². The van der Waals surface area contributed by atoms with E-state index in [-0.39, 0.29) is 18.3 Å². The number of aliphatic hydroxyl groups excluding tert-OH is 1. The van der Waals surface area contributed by atoms with Crippen LogP contribution in [0, 0.1) is 11.7 Å². The summed E-state index contributed by atoms with van der Waals surface area (Å²) in [6, 6.07) is 15.7. The fourth-order valence-electron chi connectivity index (χ4n) is 5.46. The Hall–Kier alpha value is -3.42. The molecule has 4 heterocycles. The van der Waals surface area contributed by atoms with E-state index in [0.717, 1.165) is 48.0 Å². The lowest BCUT2D eigenvalue weighted by atomic mass is 10.0. The molecule has 174 valence electrons. The number of anilines is 1. The molecule has 2 aliphatic rings. The maximum Gasteiger partial charge on any atom is 0.161 e. The lowest BCUT2D eigenvalue weighted by Crippen LogP contribution is -2.36. The van der Waals surface area contributed by atoms with Crippen LogP contribution >= 0.6 is 0 Å². The third kappa shape index (κ3) is 3.43. The number of hydrogen-bond acceptors (Lipinski definition) is 4. The second-order valence-corrected chi connectivity index (χ2v) is 9.56. The highest BCUT2D eigenvalue weighted by molar-refractivity contribution is 5.72. The van der Waals surface area contributed by atoms with Gasteiger partial charge in [-0.3, -0.25) is 4.57 Å². The predicted octanol–water partition coefficient (Wildman–Crippen LogP) is 3.87. The summed E-state index contributed by atoms with van der Waals surface area (Å²) in [7, 11) is 4.17. The zero-order valence-electron chi connectivity index (χ0n) is 19.4. The average Bonchev–Trinajstić information content (AvgIpc) is 3.56. The third-order valence-electron chi connectivity index (χ3n) is 7.28. The maximum absolute atomic E-state index is 13.4. The van der Waals surface area contributed by atoms with E-state index in [9.17, 15) is 9.50 Å². The molecule has 1 fully saturated rings. The van der Waals surface area contributed by atoms with Crippen molar-refractivity contribution in [3.05, 3.63) is 78.5 Å². The van der Waals surface area contributed by atoms with Crippen molar-refractivity contribution in [1.29, 1.82) is 0 Å². The summed E-state index contributed by atoms with van der Waals surface area (Å²) in [5, 5.41) is 9.90. The summed E-state index contributed by atoms with van der Waals surface area (Å²) >= 11 is 0. The number of aromatic nitrogens is 3. The average molecular weight is 458 g/mol. The molecule has 0 radical (unpaired) electrons. The van der Waals surface area contributed by atoms with Gasteiger partial charge in [-0.2, -0.15) is 0 Å². The molecule has 0 spiro atoms. The zero-order chi connectivity index (χ0) is 23.4. The van der Waals surface area contributed by atoms with E-state index in [1.807, 2.05) is 24.5 Å². The molecule has 1 N–H and O–H groups in total. The van der Waals surface area contributed by atoms with E-state index >= 15 is 0 Å². The Bertz CT molecular complexity index is 1340. The summed E-state index contributed by atoms with van der Waals surface area (Å²) in [6.07, 6.45) is 5.97. The monoisotopic (exact) mass is 457 g/mol. The van der Waals surface area contributed by atoms with Crippen LogP contribution in [0.5, 0.6) is 0 Å². The van der Waals surface area contributed by atoms with Gasteiger partial charge in [0.2, 0.25) is 0 Å². The van der Waals surface area contributed by atoms with Gasteiger partial charge in [0.05, 0.1) is 11.4 Å². The van der Waals surface area contributed by atoms with Gasteiger partial charge in [0.25, 0.3) is 0 Å². The number of likely N-dealkylation sites (N-methyl/N-ethyl adjacent to an activating group) is 1. The fourth-order valence-corrected chi connectivity index (χ4v) is 5.46. The van der Waals surface area contributed by atoms with Crippen LogP contribution in [0.3, 0.4) is 0 Å². The Morgan fingerprint density at radius 1 is 1.06 bits per heavy atom. The highest BCUT2D eigenvalue weighted by Gasteiger charge is 2.34. The molecular formula is C27H28FN5O. The van der Waals surface area contributed by atoms with E-state index in [2.05, 4.69) is 68.5 Å². The van der Waals surface area contributed by atoms with E-state index in [1.54, 1.807) is 0 Å². The van der Waals surface area contributed by atoms with E-state index in [1.165, 1.54) is 23.4 Å². The lowest BCUT2D eigenvalue weighted by Gasteiger charge is -2.24. The van der Waals surface area contributed by atoms with E-state index < -0.39 is 0 Å². The second kappa shape index (κ2) is 8.11. The number of fused-ring (bicyclic) bond motifs is 5. The SMILES string of the molecule is CN(C)[C@@H]1CN(c2ccc3c(c2)Cn2cc(-c4ccc(F)cc4)cc2-c2nccn2-3)CC1CO. The molecule has 0 aliphatic carbocycles. The van der Waals surface area contributed by atoms with Gasteiger partial charge in [-0.1, -0.05) is 12.1 Å². The molecular weight excluding hydrogens is 429 g/mol. The van der Waals surface area contributed by atoms with Crippen molar-refractivity contribution in [2.45, 2.75) is 12.6 Å². The molecule has 0 saturated carbocycles. The molecule has 2 aromatic carbocycles. The zero-order valence-corrected chi connectivity index (χ0v) is 19.4. The summed E-state index contributed by atoms with van der Waals surface area (Å²) in [4.78, 5) is 9.26. The molecule has 6 rings (SSSR count). The summed E-state index contributed by atoms with van der Waals surface area (Å²) in [5.74, 6) is 0.904. The van der Waals surface area contributed by atoms with Crippen LogP contribution in [0.4, 0.5) is 10.1 Å². The molecule has 7 heteroatoms. The molecule has 6 nitrogen and oxygen atoms in total. The highest BCUT2D eigenvalue weighted by Crippen LogP contribution is 2.36. The first kappa shape index (κ1) is 21.1. The van der Waals surface area contributed by atoms with Gasteiger partial charge in [-0.05, 0) is 61.6 Å². The van der Waals surface area contributed by atoms with Gasteiger partial charge in [0, 0.05) is 68.0 Å². The van der Waals surface area contributed by atoms with Crippen LogP contribution in [0.15, 0.2) is 67.1 Å². The molecule has 4 aromatic rings. The minimum atomic E-state index is -0.233. The Balaban J connectivity index is 1.39. The Kier molecular flexibility index (Phi) is 5.04. The van der Waals surface area contributed by atoms with Crippen LogP contribution in [0.25, 0.3) is 28.3 Å².